The molecule has 8 heteroatoms. The zero-order chi connectivity index (χ0) is 20.1. The molecule has 1 saturated heterocycles. The summed E-state index contributed by atoms with van der Waals surface area (Å²) in [6.45, 7) is 1.92. The topological polar surface area (TPSA) is 90.5 Å². The van der Waals surface area contributed by atoms with Crippen molar-refractivity contribution < 1.29 is 14.1 Å². The minimum atomic E-state index is -0.450. The fraction of sp³-hybridized carbons (Fsp3) is 0.200. The Morgan fingerprint density at radius 3 is 2.39 bits per heavy atom. The predicted molar refractivity (Wildman–Crippen MR) is 102 cm³/mol. The summed E-state index contributed by atoms with van der Waals surface area (Å²) in [6, 6.07) is 13.8. The molecule has 7 nitrogen and oxygen atoms in total. The van der Waals surface area contributed by atoms with Gasteiger partial charge < -0.3 is 9.80 Å². The van der Waals surface area contributed by atoms with E-state index in [4.69, 9.17) is 0 Å². The largest absolute Gasteiger partial charge is 0.368 e. The Morgan fingerprint density at radius 2 is 1.82 bits per heavy atom. The first-order valence-electron chi connectivity index (χ1n) is 8.64. The third kappa shape index (κ3) is 4.32. The number of rotatable bonds is 4. The third-order valence-corrected chi connectivity index (χ3v) is 4.50. The highest BCUT2D eigenvalue weighted by Crippen LogP contribution is 2.21. The number of hydrogen-bond acceptors (Lipinski definition) is 5. The fourth-order valence-electron chi connectivity index (χ4n) is 3.03. The first kappa shape index (κ1) is 19.0. The van der Waals surface area contributed by atoms with Crippen molar-refractivity contribution in [1.29, 1.82) is 5.26 Å². The van der Waals surface area contributed by atoms with Crippen LogP contribution in [-0.4, -0.2) is 41.9 Å². The van der Waals surface area contributed by atoms with Crippen LogP contribution in [0.5, 0.6) is 0 Å². The average molecular weight is 380 g/mol. The van der Waals surface area contributed by atoms with Crippen LogP contribution in [0.1, 0.15) is 5.56 Å². The van der Waals surface area contributed by atoms with Gasteiger partial charge in [0, 0.05) is 44.0 Å². The Kier molecular flexibility index (Phi) is 5.65. The van der Waals surface area contributed by atoms with Crippen molar-refractivity contribution >= 4 is 23.4 Å². The summed E-state index contributed by atoms with van der Waals surface area (Å²) in [4.78, 5) is 26.5. The second-order valence-corrected chi connectivity index (χ2v) is 6.28. The molecule has 1 amide bonds. The molecular formula is C20H17FN4O3. The lowest BCUT2D eigenvalue weighted by molar-refractivity contribution is -0.384. The van der Waals surface area contributed by atoms with Gasteiger partial charge in [0.2, 0.25) is 0 Å². The summed E-state index contributed by atoms with van der Waals surface area (Å²) in [7, 11) is 0. The molecule has 0 spiro atoms. The quantitative estimate of drug-likeness (QED) is 0.352. The molecule has 0 radical (unpaired) electrons. The van der Waals surface area contributed by atoms with Crippen LogP contribution in [0.2, 0.25) is 0 Å². The van der Waals surface area contributed by atoms with E-state index in [0.29, 0.717) is 31.7 Å². The lowest BCUT2D eigenvalue weighted by Crippen LogP contribution is -2.49. The number of anilines is 1. The molecule has 28 heavy (non-hydrogen) atoms. The molecule has 0 saturated carbocycles. The predicted octanol–water partition coefficient (Wildman–Crippen LogP) is 2.99. The molecule has 0 atom stereocenters. The molecule has 1 heterocycles. The SMILES string of the molecule is N#C/C(=C\c1cccc(F)c1)C(=O)N1CCN(c2ccc([N+](=O)[O-])cc2)CC1. The summed E-state index contributed by atoms with van der Waals surface area (Å²) in [6.07, 6.45) is 1.38. The lowest BCUT2D eigenvalue weighted by atomic mass is 10.1. The molecule has 2 aromatic rings. The van der Waals surface area contributed by atoms with Crippen LogP contribution in [0.15, 0.2) is 54.1 Å². The maximum Gasteiger partial charge on any atom is 0.269 e. The van der Waals surface area contributed by atoms with Crippen molar-refractivity contribution in [2.75, 3.05) is 31.1 Å². The number of hydrogen-bond donors (Lipinski definition) is 0. The van der Waals surface area contributed by atoms with Gasteiger partial charge in [-0.2, -0.15) is 5.26 Å². The van der Waals surface area contributed by atoms with Gasteiger partial charge in [-0.05, 0) is 35.9 Å². The van der Waals surface area contributed by atoms with Gasteiger partial charge in [0.05, 0.1) is 4.92 Å². The molecule has 3 rings (SSSR count). The molecule has 0 aliphatic carbocycles. The number of carbonyl (C=O) groups excluding carboxylic acids is 1. The number of nitro groups is 1. The average Bonchev–Trinajstić information content (AvgIpc) is 2.72. The van der Waals surface area contributed by atoms with Crippen molar-refractivity contribution in [2.45, 2.75) is 0 Å². The number of nitriles is 1. The number of benzene rings is 2. The van der Waals surface area contributed by atoms with E-state index in [2.05, 4.69) is 0 Å². The molecule has 0 bridgehead atoms. The third-order valence-electron chi connectivity index (χ3n) is 4.50. The van der Waals surface area contributed by atoms with Crippen LogP contribution < -0.4 is 4.90 Å². The standard InChI is InChI=1S/C20H17FN4O3/c21-17-3-1-2-15(13-17)12-16(14-22)20(26)24-10-8-23(9-11-24)18-4-6-19(7-5-18)25(27)28/h1-7,12-13H,8-11H2/b16-12+. The smallest absolute Gasteiger partial charge is 0.269 e. The molecular weight excluding hydrogens is 363 g/mol. The number of halogens is 1. The van der Waals surface area contributed by atoms with Crippen molar-refractivity contribution in [2.24, 2.45) is 0 Å². The van der Waals surface area contributed by atoms with Crippen LogP contribution in [0.4, 0.5) is 15.8 Å². The van der Waals surface area contributed by atoms with Gasteiger partial charge in [0.15, 0.2) is 0 Å². The van der Waals surface area contributed by atoms with Gasteiger partial charge in [0.1, 0.15) is 17.5 Å². The van der Waals surface area contributed by atoms with Crippen LogP contribution >= 0.6 is 0 Å². The molecule has 1 aliphatic heterocycles. The molecule has 0 N–H and O–H groups in total. The number of amides is 1. The summed E-state index contributed by atoms with van der Waals surface area (Å²) in [5.41, 5.74) is 1.27. The van der Waals surface area contributed by atoms with Gasteiger partial charge in [-0.3, -0.25) is 14.9 Å². The highest BCUT2D eigenvalue weighted by molar-refractivity contribution is 6.01. The van der Waals surface area contributed by atoms with Crippen LogP contribution in [-0.2, 0) is 4.79 Å². The molecule has 2 aromatic carbocycles. The number of nitrogens with zero attached hydrogens (tertiary/aromatic N) is 4. The van der Waals surface area contributed by atoms with E-state index in [1.807, 2.05) is 11.0 Å². The highest BCUT2D eigenvalue weighted by atomic mass is 19.1. The minimum absolute atomic E-state index is 0.0266. The van der Waals surface area contributed by atoms with Gasteiger partial charge in [0.25, 0.3) is 11.6 Å². The first-order chi connectivity index (χ1) is 13.5. The van der Waals surface area contributed by atoms with E-state index in [9.17, 15) is 24.6 Å². The zero-order valence-corrected chi connectivity index (χ0v) is 14.9. The second-order valence-electron chi connectivity index (χ2n) is 6.28. The Balaban J connectivity index is 1.65. The summed E-state index contributed by atoms with van der Waals surface area (Å²) >= 11 is 0. The van der Waals surface area contributed by atoms with E-state index >= 15 is 0 Å². The first-order valence-corrected chi connectivity index (χ1v) is 8.64. The lowest BCUT2D eigenvalue weighted by Gasteiger charge is -2.36. The number of piperazine rings is 1. The molecule has 0 aromatic heterocycles. The Bertz CT molecular complexity index is 958. The highest BCUT2D eigenvalue weighted by Gasteiger charge is 2.24. The van der Waals surface area contributed by atoms with Crippen molar-refractivity contribution in [3.63, 3.8) is 0 Å². The van der Waals surface area contributed by atoms with Crippen molar-refractivity contribution in [3.8, 4) is 6.07 Å². The minimum Gasteiger partial charge on any atom is -0.368 e. The van der Waals surface area contributed by atoms with Crippen molar-refractivity contribution in [3.05, 3.63) is 75.6 Å². The van der Waals surface area contributed by atoms with Crippen LogP contribution in [0.3, 0.4) is 0 Å². The summed E-state index contributed by atoms with van der Waals surface area (Å²) < 4.78 is 13.3. The fourth-order valence-corrected chi connectivity index (χ4v) is 3.03. The van der Waals surface area contributed by atoms with Crippen molar-refractivity contribution in [1.82, 2.24) is 4.90 Å². The van der Waals surface area contributed by atoms with E-state index in [1.54, 1.807) is 23.1 Å². The second kappa shape index (κ2) is 8.31. The molecule has 1 aliphatic rings. The van der Waals surface area contributed by atoms with Gasteiger partial charge >= 0.3 is 0 Å². The van der Waals surface area contributed by atoms with E-state index < -0.39 is 16.6 Å². The maximum absolute atomic E-state index is 13.3. The normalized spacial score (nSPS) is 14.5. The number of non-ortho nitro benzene ring substituents is 1. The van der Waals surface area contributed by atoms with E-state index in [0.717, 1.165) is 5.69 Å². The van der Waals surface area contributed by atoms with Gasteiger partial charge in [-0.1, -0.05) is 12.1 Å². The summed E-state index contributed by atoms with van der Waals surface area (Å²) in [5.74, 6) is -0.828. The van der Waals surface area contributed by atoms with E-state index in [-0.39, 0.29) is 11.3 Å². The zero-order valence-electron chi connectivity index (χ0n) is 14.9. The Hall–Kier alpha value is -3.73. The van der Waals surface area contributed by atoms with E-state index in [1.165, 1.54) is 36.4 Å². The van der Waals surface area contributed by atoms with Gasteiger partial charge in [-0.25, -0.2) is 4.39 Å². The Labute approximate surface area is 161 Å². The molecule has 1 fully saturated rings. The maximum atomic E-state index is 13.3. The number of nitro benzene ring substituents is 1. The van der Waals surface area contributed by atoms with Crippen LogP contribution in [0.25, 0.3) is 6.08 Å². The monoisotopic (exact) mass is 380 g/mol. The number of carbonyl (C=O) groups is 1. The summed E-state index contributed by atoms with van der Waals surface area (Å²) in [5, 5.41) is 20.1. The Morgan fingerprint density at radius 1 is 1.14 bits per heavy atom. The molecule has 0 unspecified atom stereocenters. The van der Waals surface area contributed by atoms with Crippen LogP contribution in [0, 0.1) is 27.3 Å². The van der Waals surface area contributed by atoms with Gasteiger partial charge in [-0.15, -0.1) is 0 Å². The molecule has 142 valence electrons.